The molecule has 0 aromatic rings. The summed E-state index contributed by atoms with van der Waals surface area (Å²) >= 11 is -3.90. The molecule has 0 heterocycles. The van der Waals surface area contributed by atoms with Gasteiger partial charge in [0, 0.05) is 5.92 Å². The fourth-order valence-electron chi connectivity index (χ4n) is 3.02. The van der Waals surface area contributed by atoms with Gasteiger partial charge in [0.05, 0.1) is 6.10 Å². The first-order valence-electron chi connectivity index (χ1n) is 5.22. The number of rotatable bonds is 3. The molecule has 0 aromatic heterocycles. The Bertz CT molecular complexity index is 347. The number of aliphatic hydroxyl groups excluding tert-OH is 1. The van der Waals surface area contributed by atoms with Crippen molar-refractivity contribution in [3.63, 3.8) is 0 Å². The monoisotopic (exact) mass is 276 g/mol. The number of alkyl halides is 4. The zero-order chi connectivity index (χ0) is 13.0. The van der Waals surface area contributed by atoms with Gasteiger partial charge in [0.15, 0.2) is 0 Å². The van der Waals surface area contributed by atoms with Crippen LogP contribution in [0.15, 0.2) is 0 Å². The third kappa shape index (κ3) is 1.80. The summed E-state index contributed by atoms with van der Waals surface area (Å²) in [5, 5.41) is 4.44. The van der Waals surface area contributed by atoms with E-state index in [2.05, 4.69) is 0 Å². The highest BCUT2D eigenvalue weighted by Crippen LogP contribution is 2.57. The van der Waals surface area contributed by atoms with Crippen LogP contribution < -0.4 is 0 Å². The van der Waals surface area contributed by atoms with E-state index in [0.29, 0.717) is 0 Å². The van der Waals surface area contributed by atoms with Crippen LogP contribution in [0, 0.1) is 17.8 Å². The molecular weight excluding hydrogens is 264 g/mol. The average molecular weight is 276 g/mol. The van der Waals surface area contributed by atoms with E-state index >= 15 is 0 Å². The first-order valence-corrected chi connectivity index (χ1v) is 6.33. The molecule has 2 rings (SSSR count). The third-order valence-corrected chi connectivity index (χ3v) is 4.60. The largest absolute Gasteiger partial charge is 0.406 e. The summed E-state index contributed by atoms with van der Waals surface area (Å²) in [5.74, 6) is -7.22. The Kier molecular flexibility index (Phi) is 3.03. The number of halogens is 4. The average Bonchev–Trinajstić information content (AvgIpc) is 2.75. The second kappa shape index (κ2) is 3.89. The lowest BCUT2D eigenvalue weighted by Crippen LogP contribution is -2.51. The Morgan fingerprint density at radius 3 is 2.00 bits per heavy atom. The van der Waals surface area contributed by atoms with Gasteiger partial charge >= 0.3 is 11.2 Å². The molecule has 2 aliphatic carbocycles. The smallest absolute Gasteiger partial charge is 0.393 e. The van der Waals surface area contributed by atoms with Crippen LogP contribution in [0.3, 0.4) is 0 Å². The molecule has 2 bridgehead atoms. The first kappa shape index (κ1) is 13.2. The molecule has 2 fully saturated rings. The molecular formula is C9H12F4O3S. The van der Waals surface area contributed by atoms with E-state index in [-0.39, 0.29) is 25.2 Å². The normalized spacial score (nSPS) is 39.6. The maximum absolute atomic E-state index is 13.6. The van der Waals surface area contributed by atoms with E-state index in [1.54, 1.807) is 0 Å². The van der Waals surface area contributed by atoms with Crippen molar-refractivity contribution in [2.75, 3.05) is 0 Å². The fraction of sp³-hybridized carbons (Fsp3) is 1.00. The summed E-state index contributed by atoms with van der Waals surface area (Å²) in [4.78, 5) is 0. The van der Waals surface area contributed by atoms with Crippen LogP contribution >= 0.6 is 0 Å². The molecule has 5 atom stereocenters. The highest BCUT2D eigenvalue weighted by Gasteiger charge is 2.69. The zero-order valence-electron chi connectivity index (χ0n) is 8.65. The molecule has 100 valence electrons. The molecule has 0 spiro atoms. The molecule has 17 heavy (non-hydrogen) atoms. The molecule has 8 heteroatoms. The Morgan fingerprint density at radius 1 is 1.06 bits per heavy atom. The molecule has 5 unspecified atom stereocenters. The van der Waals surface area contributed by atoms with E-state index in [9.17, 15) is 26.9 Å². The zero-order valence-corrected chi connectivity index (χ0v) is 9.47. The highest BCUT2D eigenvalue weighted by atomic mass is 32.2. The molecule has 0 radical (unpaired) electrons. The maximum atomic E-state index is 13.6. The lowest BCUT2D eigenvalue weighted by molar-refractivity contribution is -0.202. The van der Waals surface area contributed by atoms with Gasteiger partial charge in [0.25, 0.3) is 0 Å². The summed E-state index contributed by atoms with van der Waals surface area (Å²) in [7, 11) is 0. The lowest BCUT2D eigenvalue weighted by Gasteiger charge is -2.34. The minimum Gasteiger partial charge on any atom is -0.393 e. The number of fused-ring (bicyclic) bond motifs is 2. The van der Waals surface area contributed by atoms with Crippen molar-refractivity contribution in [2.45, 2.75) is 36.5 Å². The Balaban J connectivity index is 2.21. The van der Waals surface area contributed by atoms with Crippen LogP contribution in [-0.4, -0.2) is 31.1 Å². The summed E-state index contributed by atoms with van der Waals surface area (Å²) in [6.07, 6.45) is -0.569. The van der Waals surface area contributed by atoms with Gasteiger partial charge in [0.2, 0.25) is 11.1 Å². The number of aliphatic hydroxyl groups is 1. The molecule has 3 nitrogen and oxygen atoms in total. The van der Waals surface area contributed by atoms with Gasteiger partial charge in [-0.2, -0.15) is 17.6 Å². The Morgan fingerprint density at radius 2 is 1.65 bits per heavy atom. The van der Waals surface area contributed by atoms with Gasteiger partial charge in [-0.15, -0.1) is 0 Å². The minimum absolute atomic E-state index is 0.0685. The topological polar surface area (TPSA) is 57.5 Å². The number of hydrogen-bond acceptors (Lipinski definition) is 2. The van der Waals surface area contributed by atoms with Gasteiger partial charge < -0.3 is 9.66 Å². The standard InChI is InChI=1S/C9H12F4O3S/c10-8(11,9(12,13)17(15)16)6-2-5-1-4(6)3-7(5)14/h4-7,14H,1-3H2,(H,15,16). The predicted octanol–water partition coefficient (Wildman–Crippen LogP) is 1.84. The molecule has 0 aliphatic heterocycles. The van der Waals surface area contributed by atoms with Crippen LogP contribution in [-0.2, 0) is 11.1 Å². The first-order chi connectivity index (χ1) is 7.68. The summed E-state index contributed by atoms with van der Waals surface area (Å²) in [6.45, 7) is 0. The second-order valence-corrected chi connectivity index (χ2v) is 5.80. The molecule has 2 N–H and O–H groups in total. The second-order valence-electron chi connectivity index (χ2n) is 4.79. The van der Waals surface area contributed by atoms with Crippen molar-refractivity contribution in [1.29, 1.82) is 0 Å². The van der Waals surface area contributed by atoms with Crippen molar-refractivity contribution in [1.82, 2.24) is 0 Å². The molecule has 0 aromatic carbocycles. The van der Waals surface area contributed by atoms with Crippen LogP contribution in [0.1, 0.15) is 19.3 Å². The molecule has 0 amide bonds. The lowest BCUT2D eigenvalue weighted by atomic mass is 9.83. The minimum atomic E-state index is -4.94. The summed E-state index contributed by atoms with van der Waals surface area (Å²) in [6, 6.07) is 0. The van der Waals surface area contributed by atoms with Crippen molar-refractivity contribution >= 4 is 11.1 Å². The van der Waals surface area contributed by atoms with Gasteiger partial charge in [-0.25, -0.2) is 4.21 Å². The third-order valence-electron chi connectivity index (χ3n) is 3.89. The Labute approximate surface area is 97.5 Å². The van der Waals surface area contributed by atoms with Gasteiger partial charge in [0.1, 0.15) is 0 Å². The van der Waals surface area contributed by atoms with Gasteiger partial charge in [-0.3, -0.25) is 0 Å². The fourth-order valence-corrected chi connectivity index (χ4v) is 3.41. The van der Waals surface area contributed by atoms with Crippen molar-refractivity contribution in [3.05, 3.63) is 0 Å². The van der Waals surface area contributed by atoms with E-state index in [4.69, 9.17) is 4.55 Å². The van der Waals surface area contributed by atoms with Gasteiger partial charge in [-0.1, -0.05) is 0 Å². The molecule has 0 saturated heterocycles. The van der Waals surface area contributed by atoms with E-state index < -0.39 is 40.2 Å². The van der Waals surface area contributed by atoms with Crippen molar-refractivity contribution < 1.29 is 31.4 Å². The van der Waals surface area contributed by atoms with Crippen molar-refractivity contribution in [2.24, 2.45) is 17.8 Å². The maximum Gasteiger partial charge on any atom is 0.406 e. The van der Waals surface area contributed by atoms with E-state index in [1.165, 1.54) is 0 Å². The number of hydrogen-bond donors (Lipinski definition) is 2. The molecule has 2 aliphatic rings. The highest BCUT2D eigenvalue weighted by molar-refractivity contribution is 7.80. The van der Waals surface area contributed by atoms with Crippen LogP contribution in [0.25, 0.3) is 0 Å². The quantitative estimate of drug-likeness (QED) is 0.611. The van der Waals surface area contributed by atoms with Crippen LogP contribution in [0.4, 0.5) is 17.6 Å². The van der Waals surface area contributed by atoms with E-state index in [1.807, 2.05) is 0 Å². The van der Waals surface area contributed by atoms with E-state index in [0.717, 1.165) is 0 Å². The SMILES string of the molecule is O=S(O)C(F)(F)C(F)(F)C1CC2CC1CC2O. The summed E-state index contributed by atoms with van der Waals surface area (Å²) in [5.41, 5.74) is 0. The van der Waals surface area contributed by atoms with Gasteiger partial charge in [-0.05, 0) is 31.1 Å². The van der Waals surface area contributed by atoms with Crippen LogP contribution in [0.5, 0.6) is 0 Å². The summed E-state index contributed by atoms with van der Waals surface area (Å²) < 4.78 is 71.8. The Hall–Kier alpha value is -0.210. The van der Waals surface area contributed by atoms with Crippen molar-refractivity contribution in [3.8, 4) is 0 Å². The molecule has 2 saturated carbocycles. The van der Waals surface area contributed by atoms with Crippen LogP contribution in [0.2, 0.25) is 0 Å². The predicted molar refractivity (Wildman–Crippen MR) is 51.0 cm³/mol.